The predicted molar refractivity (Wildman–Crippen MR) is 61.9 cm³/mol. The van der Waals surface area contributed by atoms with Crippen LogP contribution in [-0.2, 0) is 6.54 Å². The number of hydrogen-bond acceptors (Lipinski definition) is 3. The highest BCUT2D eigenvalue weighted by Crippen LogP contribution is 2.07. The van der Waals surface area contributed by atoms with Gasteiger partial charge in [-0.1, -0.05) is 24.6 Å². The van der Waals surface area contributed by atoms with E-state index < -0.39 is 0 Å². The third-order valence-corrected chi connectivity index (χ3v) is 2.32. The zero-order valence-corrected chi connectivity index (χ0v) is 9.74. The number of aromatic nitrogens is 1. The lowest BCUT2D eigenvalue weighted by molar-refractivity contribution is 0.189. The highest BCUT2D eigenvalue weighted by atomic mass is 35.5. The van der Waals surface area contributed by atoms with E-state index in [2.05, 4.69) is 16.8 Å². The van der Waals surface area contributed by atoms with Gasteiger partial charge in [-0.15, -0.1) is 0 Å². The Morgan fingerprint density at radius 1 is 1.40 bits per heavy atom. The summed E-state index contributed by atoms with van der Waals surface area (Å²) in [5.41, 5.74) is 0.949. The van der Waals surface area contributed by atoms with Crippen molar-refractivity contribution < 1.29 is 5.11 Å². The minimum Gasteiger partial charge on any atom is -0.395 e. The van der Waals surface area contributed by atoms with E-state index >= 15 is 0 Å². The molecule has 0 unspecified atom stereocenters. The number of halogens is 1. The summed E-state index contributed by atoms with van der Waals surface area (Å²) in [5, 5.41) is 9.43. The third kappa shape index (κ3) is 4.60. The molecular formula is C11H17ClN2O. The highest BCUT2D eigenvalue weighted by Gasteiger charge is 2.05. The molecule has 4 heteroatoms. The number of aliphatic hydroxyl groups is 1. The molecule has 1 aromatic heterocycles. The van der Waals surface area contributed by atoms with Gasteiger partial charge in [0.25, 0.3) is 0 Å². The first kappa shape index (κ1) is 12.4. The maximum absolute atomic E-state index is 8.91. The van der Waals surface area contributed by atoms with Crippen LogP contribution in [0.25, 0.3) is 0 Å². The molecule has 0 aliphatic heterocycles. The van der Waals surface area contributed by atoms with Crippen LogP contribution in [0.2, 0.25) is 5.15 Å². The number of rotatable bonds is 6. The van der Waals surface area contributed by atoms with Crippen molar-refractivity contribution in [2.45, 2.75) is 19.9 Å². The summed E-state index contributed by atoms with van der Waals surface area (Å²) >= 11 is 5.80. The topological polar surface area (TPSA) is 36.4 Å². The Hall–Kier alpha value is -0.640. The van der Waals surface area contributed by atoms with Crippen molar-refractivity contribution in [2.24, 2.45) is 0 Å². The Balaban J connectivity index is 2.56. The van der Waals surface area contributed by atoms with Gasteiger partial charge in [-0.05, 0) is 25.1 Å². The van der Waals surface area contributed by atoms with Gasteiger partial charge >= 0.3 is 0 Å². The largest absolute Gasteiger partial charge is 0.395 e. The van der Waals surface area contributed by atoms with Crippen LogP contribution in [0.3, 0.4) is 0 Å². The highest BCUT2D eigenvalue weighted by molar-refractivity contribution is 6.29. The van der Waals surface area contributed by atoms with Crippen LogP contribution < -0.4 is 0 Å². The molecular weight excluding hydrogens is 212 g/mol. The minimum atomic E-state index is 0.181. The smallest absolute Gasteiger partial charge is 0.129 e. The second-order valence-electron chi connectivity index (χ2n) is 3.45. The minimum absolute atomic E-state index is 0.181. The maximum Gasteiger partial charge on any atom is 0.129 e. The van der Waals surface area contributed by atoms with Gasteiger partial charge in [0, 0.05) is 13.1 Å². The molecule has 15 heavy (non-hydrogen) atoms. The molecule has 0 aliphatic carbocycles. The SMILES string of the molecule is CCCN(CCO)Cc1cccc(Cl)n1. The summed E-state index contributed by atoms with van der Waals surface area (Å²) in [6, 6.07) is 5.61. The fourth-order valence-electron chi connectivity index (χ4n) is 1.50. The van der Waals surface area contributed by atoms with Crippen LogP contribution in [0.5, 0.6) is 0 Å². The Morgan fingerprint density at radius 3 is 2.80 bits per heavy atom. The first-order chi connectivity index (χ1) is 7.26. The monoisotopic (exact) mass is 228 g/mol. The van der Waals surface area contributed by atoms with Crippen molar-refractivity contribution in [3.05, 3.63) is 29.0 Å². The Morgan fingerprint density at radius 2 is 2.20 bits per heavy atom. The second kappa shape index (κ2) is 6.77. The molecule has 0 saturated heterocycles. The molecule has 1 aromatic rings. The van der Waals surface area contributed by atoms with Crippen LogP contribution in [0.4, 0.5) is 0 Å². The zero-order chi connectivity index (χ0) is 11.1. The van der Waals surface area contributed by atoms with E-state index in [0.29, 0.717) is 11.7 Å². The van der Waals surface area contributed by atoms with Crippen LogP contribution in [0, 0.1) is 0 Å². The van der Waals surface area contributed by atoms with Crippen LogP contribution in [0.1, 0.15) is 19.0 Å². The van der Waals surface area contributed by atoms with Crippen molar-refractivity contribution in [3.63, 3.8) is 0 Å². The first-order valence-electron chi connectivity index (χ1n) is 5.21. The molecule has 0 aliphatic rings. The summed E-state index contributed by atoms with van der Waals surface area (Å²) in [7, 11) is 0. The maximum atomic E-state index is 8.91. The van der Waals surface area contributed by atoms with Crippen molar-refractivity contribution in [1.29, 1.82) is 0 Å². The van der Waals surface area contributed by atoms with Crippen molar-refractivity contribution >= 4 is 11.6 Å². The summed E-state index contributed by atoms with van der Waals surface area (Å²) in [5.74, 6) is 0. The average Bonchev–Trinajstić information content (AvgIpc) is 2.18. The van der Waals surface area contributed by atoms with Crippen LogP contribution in [0.15, 0.2) is 18.2 Å². The van der Waals surface area contributed by atoms with Crippen molar-refractivity contribution in [3.8, 4) is 0 Å². The molecule has 0 bridgehead atoms. The molecule has 1 N–H and O–H groups in total. The van der Waals surface area contributed by atoms with E-state index in [9.17, 15) is 0 Å². The molecule has 0 radical (unpaired) electrons. The molecule has 0 spiro atoms. The van der Waals surface area contributed by atoms with Crippen molar-refractivity contribution in [2.75, 3.05) is 19.7 Å². The summed E-state index contributed by atoms with van der Waals surface area (Å²) < 4.78 is 0. The molecule has 0 atom stereocenters. The quantitative estimate of drug-likeness (QED) is 0.756. The Kier molecular flexibility index (Phi) is 5.61. The number of hydrogen-bond donors (Lipinski definition) is 1. The van der Waals surface area contributed by atoms with E-state index in [0.717, 1.165) is 25.2 Å². The van der Waals surface area contributed by atoms with Gasteiger partial charge < -0.3 is 5.11 Å². The lowest BCUT2D eigenvalue weighted by Gasteiger charge is -2.19. The van der Waals surface area contributed by atoms with Crippen molar-refractivity contribution in [1.82, 2.24) is 9.88 Å². The summed E-state index contributed by atoms with van der Waals surface area (Å²) in [6.45, 7) is 4.70. The van der Waals surface area contributed by atoms with E-state index in [4.69, 9.17) is 16.7 Å². The zero-order valence-electron chi connectivity index (χ0n) is 8.99. The van der Waals surface area contributed by atoms with Gasteiger partial charge in [-0.2, -0.15) is 0 Å². The third-order valence-electron chi connectivity index (χ3n) is 2.11. The summed E-state index contributed by atoms with van der Waals surface area (Å²) in [4.78, 5) is 6.38. The van der Waals surface area contributed by atoms with Gasteiger partial charge in [-0.3, -0.25) is 4.90 Å². The Bertz CT molecular complexity index is 288. The van der Waals surface area contributed by atoms with Crippen LogP contribution >= 0.6 is 11.6 Å². The number of aliphatic hydroxyl groups excluding tert-OH is 1. The van der Waals surface area contributed by atoms with E-state index in [1.807, 2.05) is 12.1 Å². The number of nitrogens with zero attached hydrogens (tertiary/aromatic N) is 2. The molecule has 0 amide bonds. The first-order valence-corrected chi connectivity index (χ1v) is 5.58. The normalized spacial score (nSPS) is 10.9. The average molecular weight is 229 g/mol. The van der Waals surface area contributed by atoms with Gasteiger partial charge in [0.1, 0.15) is 5.15 Å². The lowest BCUT2D eigenvalue weighted by atomic mass is 10.3. The second-order valence-corrected chi connectivity index (χ2v) is 3.84. The molecule has 0 aromatic carbocycles. The van der Waals surface area contributed by atoms with Gasteiger partial charge in [0.05, 0.1) is 12.3 Å². The standard InChI is InChI=1S/C11H17ClN2O/c1-2-6-14(7-8-15)9-10-4-3-5-11(12)13-10/h3-5,15H,2,6-9H2,1H3. The number of pyridine rings is 1. The summed E-state index contributed by atoms with van der Waals surface area (Å²) in [6.07, 6.45) is 1.07. The van der Waals surface area contributed by atoms with Crippen LogP contribution in [-0.4, -0.2) is 34.7 Å². The molecule has 1 heterocycles. The molecule has 0 saturated carbocycles. The fourth-order valence-corrected chi connectivity index (χ4v) is 1.68. The Labute approximate surface area is 95.7 Å². The van der Waals surface area contributed by atoms with E-state index in [1.54, 1.807) is 6.07 Å². The predicted octanol–water partition coefficient (Wildman–Crippen LogP) is 1.94. The molecule has 84 valence electrons. The van der Waals surface area contributed by atoms with Gasteiger partial charge in [0.2, 0.25) is 0 Å². The van der Waals surface area contributed by atoms with E-state index in [1.165, 1.54) is 0 Å². The molecule has 0 fully saturated rings. The lowest BCUT2D eigenvalue weighted by Crippen LogP contribution is -2.27. The molecule has 3 nitrogen and oxygen atoms in total. The fraction of sp³-hybridized carbons (Fsp3) is 0.545. The van der Waals surface area contributed by atoms with E-state index in [-0.39, 0.29) is 6.61 Å². The van der Waals surface area contributed by atoms with Gasteiger partial charge in [-0.25, -0.2) is 4.98 Å². The van der Waals surface area contributed by atoms with Gasteiger partial charge in [0.15, 0.2) is 0 Å². The molecule has 1 rings (SSSR count).